The highest BCUT2D eigenvalue weighted by Crippen LogP contribution is 2.26. The van der Waals surface area contributed by atoms with Crippen molar-refractivity contribution in [2.45, 2.75) is 19.8 Å². The number of aromatic nitrogens is 2. The summed E-state index contributed by atoms with van der Waals surface area (Å²) >= 11 is 0. The number of hydrogen-bond acceptors (Lipinski definition) is 5. The fourth-order valence-electron chi connectivity index (χ4n) is 2.69. The van der Waals surface area contributed by atoms with Gasteiger partial charge in [0.15, 0.2) is 0 Å². The number of benzene rings is 1. The normalized spacial score (nSPS) is 14.2. The van der Waals surface area contributed by atoms with Crippen LogP contribution in [0, 0.1) is 6.92 Å². The lowest BCUT2D eigenvalue weighted by molar-refractivity contribution is 0.744. The van der Waals surface area contributed by atoms with Gasteiger partial charge in [0.25, 0.3) is 5.56 Å². The lowest BCUT2D eigenvalue weighted by Gasteiger charge is -2.27. The largest absolute Gasteiger partial charge is 0.374 e. The molecule has 1 aliphatic heterocycles. The lowest BCUT2D eigenvalue weighted by atomic mass is 10.00. The van der Waals surface area contributed by atoms with Crippen molar-refractivity contribution in [3.63, 3.8) is 0 Å². The molecule has 0 amide bonds. The molecule has 6 heteroatoms. The second-order valence-corrected chi connectivity index (χ2v) is 5.52. The highest BCUT2D eigenvalue weighted by Gasteiger charge is 2.13. The molecule has 2 N–H and O–H groups in total. The lowest BCUT2D eigenvalue weighted by Crippen LogP contribution is -2.24. The Bertz CT molecular complexity index is 765. The molecule has 0 atom stereocenters. The molecule has 0 spiro atoms. The van der Waals surface area contributed by atoms with Gasteiger partial charge in [0.05, 0.1) is 6.21 Å². The first-order valence-corrected chi connectivity index (χ1v) is 7.33. The Balaban J connectivity index is 1.74. The summed E-state index contributed by atoms with van der Waals surface area (Å²) in [5.41, 5.74) is 6.88. The van der Waals surface area contributed by atoms with Gasteiger partial charge >= 0.3 is 0 Å². The first kappa shape index (κ1) is 14.3. The van der Waals surface area contributed by atoms with Gasteiger partial charge in [0, 0.05) is 31.0 Å². The maximum atomic E-state index is 11.3. The number of fused-ring (bicyclic) bond motifs is 1. The van der Waals surface area contributed by atoms with Crippen LogP contribution in [-0.2, 0) is 6.42 Å². The zero-order valence-electron chi connectivity index (χ0n) is 12.8. The Morgan fingerprint density at radius 3 is 3.09 bits per heavy atom. The predicted octanol–water partition coefficient (Wildman–Crippen LogP) is 1.91. The van der Waals surface area contributed by atoms with Gasteiger partial charge in [-0.05, 0) is 43.0 Å². The summed E-state index contributed by atoms with van der Waals surface area (Å²) < 4.78 is 0. The second-order valence-electron chi connectivity index (χ2n) is 5.52. The Morgan fingerprint density at radius 1 is 1.41 bits per heavy atom. The van der Waals surface area contributed by atoms with Gasteiger partial charge < -0.3 is 4.90 Å². The molecule has 0 saturated heterocycles. The fraction of sp³-hybridized carbons (Fsp3) is 0.312. The number of aryl methyl sites for hydroxylation is 2. The molecule has 0 unspecified atom stereocenters. The van der Waals surface area contributed by atoms with Gasteiger partial charge in [-0.2, -0.15) is 5.10 Å². The highest BCUT2D eigenvalue weighted by atomic mass is 16.1. The molecular weight excluding hydrogens is 278 g/mol. The summed E-state index contributed by atoms with van der Waals surface area (Å²) in [6.07, 6.45) is 4.01. The van der Waals surface area contributed by atoms with Crippen molar-refractivity contribution in [3.05, 3.63) is 51.4 Å². The number of nitrogens with one attached hydrogen (secondary N) is 2. The van der Waals surface area contributed by atoms with Gasteiger partial charge in [0.1, 0.15) is 0 Å². The minimum absolute atomic E-state index is 0.193. The number of aromatic amines is 1. The van der Waals surface area contributed by atoms with E-state index in [1.165, 1.54) is 23.7 Å². The van der Waals surface area contributed by atoms with Crippen LogP contribution in [0.25, 0.3) is 0 Å². The van der Waals surface area contributed by atoms with Crippen molar-refractivity contribution >= 4 is 17.9 Å². The molecule has 0 fully saturated rings. The van der Waals surface area contributed by atoms with E-state index in [-0.39, 0.29) is 5.56 Å². The first-order chi connectivity index (χ1) is 10.6. The van der Waals surface area contributed by atoms with Gasteiger partial charge in [0.2, 0.25) is 5.95 Å². The van der Waals surface area contributed by atoms with Crippen LogP contribution < -0.4 is 15.9 Å². The minimum Gasteiger partial charge on any atom is -0.374 e. The number of anilines is 2. The molecule has 2 heterocycles. The zero-order valence-corrected chi connectivity index (χ0v) is 12.8. The van der Waals surface area contributed by atoms with Crippen LogP contribution in [0.5, 0.6) is 0 Å². The third-order valence-corrected chi connectivity index (χ3v) is 3.71. The van der Waals surface area contributed by atoms with Crippen LogP contribution in [0.4, 0.5) is 11.6 Å². The first-order valence-electron chi connectivity index (χ1n) is 7.33. The molecule has 1 aliphatic rings. The Kier molecular flexibility index (Phi) is 3.91. The van der Waals surface area contributed by atoms with Gasteiger partial charge in [-0.25, -0.2) is 10.4 Å². The summed E-state index contributed by atoms with van der Waals surface area (Å²) in [4.78, 5) is 20.4. The number of rotatable bonds is 3. The molecule has 1 aromatic heterocycles. The molecule has 114 valence electrons. The van der Waals surface area contributed by atoms with Crippen LogP contribution in [0.15, 0.2) is 34.2 Å². The molecule has 0 bridgehead atoms. The molecular formula is C16H19N5O. The number of nitrogens with zero attached hydrogens (tertiary/aromatic N) is 3. The Labute approximate surface area is 128 Å². The van der Waals surface area contributed by atoms with E-state index in [1.807, 2.05) is 6.07 Å². The van der Waals surface area contributed by atoms with E-state index in [0.29, 0.717) is 11.6 Å². The van der Waals surface area contributed by atoms with Crippen molar-refractivity contribution in [1.29, 1.82) is 0 Å². The molecule has 0 radical (unpaired) electrons. The molecule has 1 aromatic carbocycles. The molecule has 22 heavy (non-hydrogen) atoms. The summed E-state index contributed by atoms with van der Waals surface area (Å²) in [6, 6.07) is 7.76. The predicted molar refractivity (Wildman–Crippen MR) is 88.8 cm³/mol. The SMILES string of the molecule is Cc1cc(=O)[nH]c(N/N=C/c2ccc3c(c2)CCCN3C)n1. The molecule has 3 rings (SSSR count). The van der Waals surface area contributed by atoms with E-state index < -0.39 is 0 Å². The average Bonchev–Trinajstić information content (AvgIpc) is 2.46. The fourth-order valence-corrected chi connectivity index (χ4v) is 2.69. The maximum absolute atomic E-state index is 11.3. The van der Waals surface area contributed by atoms with Crippen molar-refractivity contribution < 1.29 is 0 Å². The standard InChI is InChI=1S/C16H19N5O/c1-11-8-15(22)19-16(18-11)20-17-10-12-5-6-14-13(9-12)4-3-7-21(14)2/h5-6,8-10H,3-4,7H2,1-2H3,(H2,18,19,20,22)/b17-10+. The van der Waals surface area contributed by atoms with E-state index in [2.05, 4.69) is 44.6 Å². The monoisotopic (exact) mass is 297 g/mol. The second kappa shape index (κ2) is 6.01. The maximum Gasteiger partial charge on any atom is 0.252 e. The topological polar surface area (TPSA) is 73.4 Å². The van der Waals surface area contributed by atoms with Crippen LogP contribution >= 0.6 is 0 Å². The number of hydrazone groups is 1. The minimum atomic E-state index is -0.193. The highest BCUT2D eigenvalue weighted by molar-refractivity contribution is 5.81. The van der Waals surface area contributed by atoms with E-state index >= 15 is 0 Å². The Morgan fingerprint density at radius 2 is 2.27 bits per heavy atom. The van der Waals surface area contributed by atoms with Crippen LogP contribution in [0.3, 0.4) is 0 Å². The Hall–Kier alpha value is -2.63. The van der Waals surface area contributed by atoms with Crippen LogP contribution in [0.1, 0.15) is 23.2 Å². The van der Waals surface area contributed by atoms with Gasteiger partial charge in [-0.15, -0.1) is 0 Å². The summed E-state index contributed by atoms with van der Waals surface area (Å²) in [6.45, 7) is 2.87. The molecule has 0 aliphatic carbocycles. The van der Waals surface area contributed by atoms with Crippen molar-refractivity contribution in [3.8, 4) is 0 Å². The number of H-pyrrole nitrogens is 1. The van der Waals surface area contributed by atoms with Crippen LogP contribution in [0.2, 0.25) is 0 Å². The van der Waals surface area contributed by atoms with Crippen molar-refractivity contribution in [2.75, 3.05) is 23.9 Å². The van der Waals surface area contributed by atoms with Gasteiger partial charge in [-0.1, -0.05) is 6.07 Å². The third kappa shape index (κ3) is 3.16. The zero-order chi connectivity index (χ0) is 15.5. The smallest absolute Gasteiger partial charge is 0.252 e. The number of hydrogen-bond donors (Lipinski definition) is 2. The van der Waals surface area contributed by atoms with E-state index in [4.69, 9.17) is 0 Å². The summed E-state index contributed by atoms with van der Waals surface area (Å²) in [7, 11) is 2.12. The summed E-state index contributed by atoms with van der Waals surface area (Å²) in [5.74, 6) is 0.346. The molecule has 0 saturated carbocycles. The van der Waals surface area contributed by atoms with Crippen LogP contribution in [-0.4, -0.2) is 29.8 Å². The van der Waals surface area contributed by atoms with Crippen molar-refractivity contribution in [2.24, 2.45) is 5.10 Å². The quantitative estimate of drug-likeness (QED) is 0.670. The van der Waals surface area contributed by atoms with Crippen molar-refractivity contribution in [1.82, 2.24) is 9.97 Å². The van der Waals surface area contributed by atoms with E-state index in [9.17, 15) is 4.79 Å². The molecule has 2 aromatic rings. The molecule has 6 nitrogen and oxygen atoms in total. The summed E-state index contributed by atoms with van der Waals surface area (Å²) in [5, 5.41) is 4.14. The van der Waals surface area contributed by atoms with Gasteiger partial charge in [-0.3, -0.25) is 9.78 Å². The van der Waals surface area contributed by atoms with E-state index in [0.717, 1.165) is 18.5 Å². The van der Waals surface area contributed by atoms with E-state index in [1.54, 1.807) is 13.1 Å². The third-order valence-electron chi connectivity index (χ3n) is 3.71. The average molecular weight is 297 g/mol.